The van der Waals surface area contributed by atoms with Crippen LogP contribution < -0.4 is 10.6 Å². The smallest absolute Gasteiger partial charge is 0.233 e. The number of hydrogen-bond acceptors (Lipinski definition) is 2. The van der Waals surface area contributed by atoms with E-state index in [4.69, 9.17) is 23.2 Å². The molecule has 23 heavy (non-hydrogen) atoms. The quantitative estimate of drug-likeness (QED) is 0.780. The highest BCUT2D eigenvalue weighted by Gasteiger charge is 2.09. The topological polar surface area (TPSA) is 58.2 Å². The lowest BCUT2D eigenvalue weighted by molar-refractivity contribution is -0.126. The lowest BCUT2D eigenvalue weighted by Gasteiger charge is -2.07. The molecule has 2 rings (SSSR count). The van der Waals surface area contributed by atoms with Gasteiger partial charge in [-0.1, -0.05) is 35.3 Å². The second-order valence-electron chi connectivity index (χ2n) is 4.96. The van der Waals surface area contributed by atoms with Gasteiger partial charge in [-0.15, -0.1) is 0 Å². The Morgan fingerprint density at radius 1 is 0.826 bits per heavy atom. The summed E-state index contributed by atoms with van der Waals surface area (Å²) in [6.45, 7) is 0.467. The van der Waals surface area contributed by atoms with E-state index < -0.39 is 0 Å². The Bertz CT molecular complexity index is 670. The minimum atomic E-state index is -0.365. The maximum absolute atomic E-state index is 11.8. The highest BCUT2D eigenvalue weighted by atomic mass is 35.5. The Kier molecular flexibility index (Phi) is 6.44. The van der Waals surface area contributed by atoms with E-state index in [0.717, 1.165) is 5.56 Å². The van der Waals surface area contributed by atoms with Crippen molar-refractivity contribution in [3.63, 3.8) is 0 Å². The molecule has 0 aromatic heterocycles. The summed E-state index contributed by atoms with van der Waals surface area (Å²) in [5.41, 5.74) is 1.67. The molecule has 2 aromatic rings. The monoisotopic (exact) mass is 350 g/mol. The molecule has 0 heterocycles. The van der Waals surface area contributed by atoms with E-state index in [0.29, 0.717) is 28.7 Å². The number of anilines is 1. The Hall–Kier alpha value is -2.04. The molecule has 0 bridgehead atoms. The SMILES string of the molecule is O=C(CC(=O)Nc1ccc(Cl)cc1)NCCc1ccc(Cl)cc1. The van der Waals surface area contributed by atoms with Gasteiger partial charge in [-0.2, -0.15) is 0 Å². The van der Waals surface area contributed by atoms with Crippen LogP contribution in [-0.4, -0.2) is 18.4 Å². The number of benzene rings is 2. The average Bonchev–Trinajstić information content (AvgIpc) is 2.51. The number of amides is 2. The maximum Gasteiger partial charge on any atom is 0.233 e. The van der Waals surface area contributed by atoms with Gasteiger partial charge in [0.05, 0.1) is 0 Å². The van der Waals surface area contributed by atoms with Crippen molar-refractivity contribution in [1.29, 1.82) is 0 Å². The summed E-state index contributed by atoms with van der Waals surface area (Å²) in [5.74, 6) is -0.679. The molecule has 0 spiro atoms. The van der Waals surface area contributed by atoms with Gasteiger partial charge in [-0.3, -0.25) is 9.59 Å². The van der Waals surface area contributed by atoms with E-state index >= 15 is 0 Å². The van der Waals surface area contributed by atoms with E-state index in [1.165, 1.54) is 0 Å². The summed E-state index contributed by atoms with van der Waals surface area (Å²) in [6, 6.07) is 14.1. The lowest BCUT2D eigenvalue weighted by Crippen LogP contribution is -2.29. The van der Waals surface area contributed by atoms with E-state index in [1.54, 1.807) is 36.4 Å². The highest BCUT2D eigenvalue weighted by Crippen LogP contribution is 2.13. The van der Waals surface area contributed by atoms with Gasteiger partial charge in [-0.05, 0) is 48.4 Å². The van der Waals surface area contributed by atoms with Crippen molar-refractivity contribution in [2.75, 3.05) is 11.9 Å². The fourth-order valence-corrected chi connectivity index (χ4v) is 2.20. The third kappa shape index (κ3) is 6.30. The van der Waals surface area contributed by atoms with Crippen molar-refractivity contribution in [2.24, 2.45) is 0 Å². The van der Waals surface area contributed by atoms with Gasteiger partial charge in [0.25, 0.3) is 0 Å². The number of nitrogens with one attached hydrogen (secondary N) is 2. The largest absolute Gasteiger partial charge is 0.355 e. The molecule has 0 atom stereocenters. The van der Waals surface area contributed by atoms with Crippen LogP contribution in [0.15, 0.2) is 48.5 Å². The van der Waals surface area contributed by atoms with Crippen molar-refractivity contribution >= 4 is 40.7 Å². The first-order valence-electron chi connectivity index (χ1n) is 7.09. The predicted molar refractivity (Wildman–Crippen MR) is 92.9 cm³/mol. The molecule has 0 aliphatic rings. The molecule has 0 radical (unpaired) electrons. The Morgan fingerprint density at radius 2 is 1.39 bits per heavy atom. The molecule has 2 amide bonds. The van der Waals surface area contributed by atoms with Gasteiger partial charge in [0.15, 0.2) is 0 Å². The van der Waals surface area contributed by atoms with Gasteiger partial charge in [-0.25, -0.2) is 0 Å². The third-order valence-electron chi connectivity index (χ3n) is 3.10. The number of halogens is 2. The molecule has 0 aliphatic carbocycles. The van der Waals surface area contributed by atoms with E-state index in [-0.39, 0.29) is 18.2 Å². The Morgan fingerprint density at radius 3 is 2.00 bits per heavy atom. The van der Waals surface area contributed by atoms with Gasteiger partial charge in [0.2, 0.25) is 11.8 Å². The molecule has 0 saturated heterocycles. The van der Waals surface area contributed by atoms with E-state index in [1.807, 2.05) is 12.1 Å². The molecule has 4 nitrogen and oxygen atoms in total. The van der Waals surface area contributed by atoms with Crippen molar-refractivity contribution in [3.8, 4) is 0 Å². The van der Waals surface area contributed by atoms with Gasteiger partial charge in [0.1, 0.15) is 6.42 Å². The fourth-order valence-electron chi connectivity index (χ4n) is 1.94. The van der Waals surface area contributed by atoms with Crippen LogP contribution in [0.25, 0.3) is 0 Å². The predicted octanol–water partition coefficient (Wildman–Crippen LogP) is 3.68. The van der Waals surface area contributed by atoms with Gasteiger partial charge < -0.3 is 10.6 Å². The summed E-state index contributed by atoms with van der Waals surface area (Å²) >= 11 is 11.6. The van der Waals surface area contributed by atoms with Crippen LogP contribution in [0.1, 0.15) is 12.0 Å². The third-order valence-corrected chi connectivity index (χ3v) is 3.60. The molecule has 2 N–H and O–H groups in total. The maximum atomic E-state index is 11.8. The van der Waals surface area contributed by atoms with Crippen LogP contribution in [-0.2, 0) is 16.0 Å². The summed E-state index contributed by atoms with van der Waals surface area (Å²) in [7, 11) is 0. The number of rotatable bonds is 6. The fraction of sp³-hybridized carbons (Fsp3) is 0.176. The first kappa shape index (κ1) is 17.3. The first-order chi connectivity index (χ1) is 11.0. The Balaban J connectivity index is 1.70. The zero-order valence-corrected chi connectivity index (χ0v) is 13.8. The molecule has 6 heteroatoms. The average molecular weight is 351 g/mol. The van der Waals surface area contributed by atoms with E-state index in [9.17, 15) is 9.59 Å². The normalized spacial score (nSPS) is 10.2. The van der Waals surface area contributed by atoms with E-state index in [2.05, 4.69) is 10.6 Å². The summed E-state index contributed by atoms with van der Waals surface area (Å²) < 4.78 is 0. The number of carbonyl (C=O) groups excluding carboxylic acids is 2. The van der Waals surface area contributed by atoms with Crippen LogP contribution in [0, 0.1) is 0 Å². The minimum Gasteiger partial charge on any atom is -0.355 e. The van der Waals surface area contributed by atoms with Crippen molar-refractivity contribution < 1.29 is 9.59 Å². The molecular weight excluding hydrogens is 335 g/mol. The number of carbonyl (C=O) groups is 2. The zero-order chi connectivity index (χ0) is 16.7. The Labute approximate surface area is 144 Å². The lowest BCUT2D eigenvalue weighted by atomic mass is 10.1. The molecule has 0 saturated carbocycles. The molecule has 0 unspecified atom stereocenters. The standard InChI is InChI=1S/C17H16Cl2N2O2/c18-13-3-1-12(2-4-13)9-10-20-16(22)11-17(23)21-15-7-5-14(19)6-8-15/h1-8H,9-11H2,(H,20,22)(H,21,23). The zero-order valence-electron chi connectivity index (χ0n) is 12.3. The van der Waals surface area contributed by atoms with Crippen molar-refractivity contribution in [2.45, 2.75) is 12.8 Å². The highest BCUT2D eigenvalue weighted by molar-refractivity contribution is 6.30. The molecule has 0 fully saturated rings. The summed E-state index contributed by atoms with van der Waals surface area (Å²) in [5, 5.41) is 6.62. The van der Waals surface area contributed by atoms with Crippen LogP contribution >= 0.6 is 23.2 Å². The van der Waals surface area contributed by atoms with Crippen LogP contribution in [0.5, 0.6) is 0 Å². The van der Waals surface area contributed by atoms with Crippen molar-refractivity contribution in [1.82, 2.24) is 5.32 Å². The molecular formula is C17H16Cl2N2O2. The summed E-state index contributed by atoms with van der Waals surface area (Å²) in [4.78, 5) is 23.5. The van der Waals surface area contributed by atoms with Crippen LogP contribution in [0.3, 0.4) is 0 Å². The van der Waals surface area contributed by atoms with Crippen molar-refractivity contribution in [3.05, 3.63) is 64.1 Å². The van der Waals surface area contributed by atoms with Gasteiger partial charge >= 0.3 is 0 Å². The second kappa shape index (κ2) is 8.56. The first-order valence-corrected chi connectivity index (χ1v) is 7.85. The molecule has 120 valence electrons. The minimum absolute atomic E-state index is 0.219. The molecule has 2 aromatic carbocycles. The second-order valence-corrected chi connectivity index (χ2v) is 5.83. The van der Waals surface area contributed by atoms with Gasteiger partial charge in [0, 0.05) is 22.3 Å². The summed E-state index contributed by atoms with van der Waals surface area (Å²) in [6.07, 6.45) is 0.463. The van der Waals surface area contributed by atoms with Crippen LogP contribution in [0.4, 0.5) is 5.69 Å². The molecule has 0 aliphatic heterocycles. The van der Waals surface area contributed by atoms with Crippen LogP contribution in [0.2, 0.25) is 10.0 Å². The number of hydrogen-bond donors (Lipinski definition) is 2.